The number of nitrogens with zero attached hydrogens (tertiary/aromatic N) is 2. The number of aromatic nitrogens is 2. The Morgan fingerprint density at radius 2 is 2.18 bits per heavy atom. The molecule has 55 valence electrons. The van der Waals surface area contributed by atoms with Gasteiger partial charge in [-0.25, -0.2) is 4.73 Å². The van der Waals surface area contributed by atoms with Crippen LogP contribution >= 0.6 is 0 Å². The highest BCUT2D eigenvalue weighted by Crippen LogP contribution is 2.06. The third-order valence-corrected chi connectivity index (χ3v) is 1.51. The molecule has 1 aromatic heterocycles. The van der Waals surface area contributed by atoms with Crippen molar-refractivity contribution in [2.45, 2.75) is 0 Å². The van der Waals surface area contributed by atoms with E-state index in [2.05, 4.69) is 6.33 Å². The number of imidazole rings is 1. The van der Waals surface area contributed by atoms with Gasteiger partial charge in [0.2, 0.25) is 5.52 Å². The summed E-state index contributed by atoms with van der Waals surface area (Å²) in [5.41, 5.74) is 0.873. The Morgan fingerprint density at radius 3 is 2.91 bits per heavy atom. The molecule has 0 aliphatic carbocycles. The van der Waals surface area contributed by atoms with Crippen LogP contribution in [0.2, 0.25) is 0 Å². The monoisotopic (exact) mass is 149 g/mol. The number of hydrogen-bond acceptors (Lipinski definition) is 2. The zero-order valence-electron chi connectivity index (χ0n) is 5.56. The lowest BCUT2D eigenvalue weighted by Crippen LogP contribution is -2.23. The van der Waals surface area contributed by atoms with Crippen molar-refractivity contribution in [1.82, 2.24) is 4.73 Å². The predicted molar refractivity (Wildman–Crippen MR) is 36.9 cm³/mol. The molecule has 0 unspecified atom stereocenters. The highest BCUT2D eigenvalue weighted by atomic mass is 16.5. The molecule has 0 atom stereocenters. The molecule has 0 aliphatic heterocycles. The molecular formula is C7H5N2O2. The van der Waals surface area contributed by atoms with Gasteiger partial charge in [-0.05, 0) is 16.9 Å². The first-order valence-electron chi connectivity index (χ1n) is 3.10. The van der Waals surface area contributed by atoms with Gasteiger partial charge < -0.3 is 10.4 Å². The van der Waals surface area contributed by atoms with E-state index in [0.29, 0.717) is 20.5 Å². The van der Waals surface area contributed by atoms with Gasteiger partial charge in [-0.3, -0.25) is 0 Å². The summed E-state index contributed by atoms with van der Waals surface area (Å²) in [5, 5.41) is 19.9. The summed E-state index contributed by atoms with van der Waals surface area (Å²) >= 11 is 0. The summed E-state index contributed by atoms with van der Waals surface area (Å²) in [6.07, 6.45) is 2.15. The predicted octanol–water partition coefficient (Wildman–Crippen LogP) is 0.312. The minimum atomic E-state index is 0.412. The SMILES string of the molecule is [O-][n+]1[c]n(O)c2ccccc21. The van der Waals surface area contributed by atoms with Crippen molar-refractivity contribution in [2.24, 2.45) is 0 Å². The van der Waals surface area contributed by atoms with E-state index in [-0.39, 0.29) is 0 Å². The molecule has 0 bridgehead atoms. The molecule has 0 spiro atoms. The first kappa shape index (κ1) is 6.03. The normalized spacial score (nSPS) is 10.5. The molecular weight excluding hydrogens is 144 g/mol. The fourth-order valence-corrected chi connectivity index (χ4v) is 1.01. The highest BCUT2D eigenvalue weighted by Gasteiger charge is 2.09. The summed E-state index contributed by atoms with van der Waals surface area (Å²) < 4.78 is 1.18. The average Bonchev–Trinajstić information content (AvgIpc) is 2.30. The van der Waals surface area contributed by atoms with Gasteiger partial charge in [-0.15, -0.1) is 0 Å². The van der Waals surface area contributed by atoms with Crippen LogP contribution in [0.15, 0.2) is 24.3 Å². The summed E-state index contributed by atoms with van der Waals surface area (Å²) in [6, 6.07) is 6.72. The topological polar surface area (TPSA) is 52.1 Å². The number of para-hydroxylation sites is 2. The van der Waals surface area contributed by atoms with Crippen molar-refractivity contribution >= 4 is 11.0 Å². The van der Waals surface area contributed by atoms with Crippen LogP contribution in [0.3, 0.4) is 0 Å². The first-order valence-corrected chi connectivity index (χ1v) is 3.10. The first-order chi connectivity index (χ1) is 5.29. The van der Waals surface area contributed by atoms with E-state index in [1.807, 2.05) is 0 Å². The molecule has 11 heavy (non-hydrogen) atoms. The fourth-order valence-electron chi connectivity index (χ4n) is 1.01. The lowest BCUT2D eigenvalue weighted by Gasteiger charge is -1.91. The third kappa shape index (κ3) is 0.724. The molecule has 2 aromatic rings. The summed E-state index contributed by atoms with van der Waals surface area (Å²) in [6.45, 7) is 0. The van der Waals surface area contributed by atoms with E-state index in [9.17, 15) is 5.21 Å². The van der Waals surface area contributed by atoms with Crippen molar-refractivity contribution < 1.29 is 9.94 Å². The van der Waals surface area contributed by atoms with Crippen molar-refractivity contribution in [2.75, 3.05) is 0 Å². The quantitative estimate of drug-likeness (QED) is 0.333. The molecule has 1 heterocycles. The Bertz CT molecular complexity index is 358. The lowest BCUT2D eigenvalue weighted by atomic mass is 10.3. The van der Waals surface area contributed by atoms with Crippen molar-refractivity contribution in [3.05, 3.63) is 35.8 Å². The van der Waals surface area contributed by atoms with Crippen molar-refractivity contribution in [3.8, 4) is 0 Å². The highest BCUT2D eigenvalue weighted by molar-refractivity contribution is 5.70. The Kier molecular flexibility index (Phi) is 1.03. The zero-order chi connectivity index (χ0) is 7.84. The van der Waals surface area contributed by atoms with Gasteiger partial charge in [-0.1, -0.05) is 12.1 Å². The molecule has 0 fully saturated rings. The molecule has 0 saturated heterocycles. The van der Waals surface area contributed by atoms with Gasteiger partial charge in [0.15, 0.2) is 5.52 Å². The lowest BCUT2D eigenvalue weighted by molar-refractivity contribution is -0.584. The van der Waals surface area contributed by atoms with Crippen LogP contribution in [0.25, 0.3) is 11.0 Å². The summed E-state index contributed by atoms with van der Waals surface area (Å²) in [4.78, 5) is 0. The number of fused-ring (bicyclic) bond motifs is 1. The molecule has 0 saturated carbocycles. The number of hydrogen-bond donors (Lipinski definition) is 1. The second-order valence-electron chi connectivity index (χ2n) is 2.19. The molecule has 4 nitrogen and oxygen atoms in total. The largest absolute Gasteiger partial charge is 0.710 e. The Hall–Kier alpha value is -1.71. The molecule has 2 rings (SSSR count). The van der Waals surface area contributed by atoms with E-state index in [4.69, 9.17) is 5.21 Å². The molecule has 1 radical (unpaired) electrons. The minimum Gasteiger partial charge on any atom is -0.710 e. The van der Waals surface area contributed by atoms with Crippen LogP contribution < -0.4 is 4.73 Å². The number of rotatable bonds is 0. The van der Waals surface area contributed by atoms with E-state index in [1.165, 1.54) is 0 Å². The second-order valence-corrected chi connectivity index (χ2v) is 2.19. The van der Waals surface area contributed by atoms with Gasteiger partial charge in [0.1, 0.15) is 0 Å². The van der Waals surface area contributed by atoms with Gasteiger partial charge in [0.05, 0.1) is 0 Å². The van der Waals surface area contributed by atoms with Crippen LogP contribution in [0.5, 0.6) is 0 Å². The zero-order valence-corrected chi connectivity index (χ0v) is 5.56. The van der Waals surface area contributed by atoms with Gasteiger partial charge in [0.25, 0.3) is 0 Å². The Balaban J connectivity index is 2.95. The maximum atomic E-state index is 10.9. The van der Waals surface area contributed by atoms with Gasteiger partial charge in [0, 0.05) is 0 Å². The smallest absolute Gasteiger partial charge is 0.420 e. The van der Waals surface area contributed by atoms with Crippen molar-refractivity contribution in [1.29, 1.82) is 0 Å². The van der Waals surface area contributed by atoms with Crippen LogP contribution in [-0.2, 0) is 0 Å². The van der Waals surface area contributed by atoms with E-state index in [1.54, 1.807) is 24.3 Å². The molecule has 1 aromatic carbocycles. The third-order valence-electron chi connectivity index (χ3n) is 1.51. The molecule has 1 N–H and O–H groups in total. The van der Waals surface area contributed by atoms with Gasteiger partial charge >= 0.3 is 6.33 Å². The Morgan fingerprint density at radius 1 is 1.45 bits per heavy atom. The Labute approximate surface area is 62.5 Å². The maximum Gasteiger partial charge on any atom is 0.420 e. The van der Waals surface area contributed by atoms with E-state index < -0.39 is 0 Å². The minimum absolute atomic E-state index is 0.412. The molecule has 0 amide bonds. The summed E-state index contributed by atoms with van der Waals surface area (Å²) in [5.74, 6) is 0. The summed E-state index contributed by atoms with van der Waals surface area (Å²) in [7, 11) is 0. The van der Waals surface area contributed by atoms with Crippen LogP contribution in [-0.4, -0.2) is 9.94 Å². The van der Waals surface area contributed by atoms with E-state index in [0.717, 1.165) is 0 Å². The van der Waals surface area contributed by atoms with Gasteiger partial charge in [-0.2, -0.15) is 0 Å². The number of benzene rings is 1. The van der Waals surface area contributed by atoms with Crippen LogP contribution in [0, 0.1) is 11.5 Å². The van der Waals surface area contributed by atoms with Crippen LogP contribution in [0.1, 0.15) is 0 Å². The van der Waals surface area contributed by atoms with E-state index >= 15 is 0 Å². The fraction of sp³-hybridized carbons (Fsp3) is 0. The van der Waals surface area contributed by atoms with Crippen molar-refractivity contribution in [3.63, 3.8) is 0 Å². The average molecular weight is 149 g/mol. The molecule has 0 aliphatic rings. The maximum absolute atomic E-state index is 10.9. The second kappa shape index (κ2) is 1.88. The van der Waals surface area contributed by atoms with Crippen LogP contribution in [0.4, 0.5) is 0 Å². The molecule has 4 heteroatoms. The standard InChI is InChI=1S/C7H5N2O2/c10-8-5-9(11)7-4-2-1-3-6(7)8/h1-4,10H.